The maximum atomic E-state index is 11.4. The van der Waals surface area contributed by atoms with Gasteiger partial charge in [0, 0.05) is 79.3 Å². The Morgan fingerprint density at radius 2 is 1.85 bits per heavy atom. The molecule has 2 aromatic carbocycles. The van der Waals surface area contributed by atoms with Gasteiger partial charge in [0.1, 0.15) is 5.52 Å². The summed E-state index contributed by atoms with van der Waals surface area (Å²) in [6, 6.07) is 19.5. The van der Waals surface area contributed by atoms with Crippen molar-refractivity contribution in [2.24, 2.45) is 0 Å². The molecule has 2 fully saturated rings. The van der Waals surface area contributed by atoms with Crippen molar-refractivity contribution >= 4 is 39.3 Å². The van der Waals surface area contributed by atoms with Crippen molar-refractivity contribution in [3.63, 3.8) is 0 Å². The highest BCUT2D eigenvalue weighted by Crippen LogP contribution is 2.36. The Morgan fingerprint density at radius 1 is 1.00 bits per heavy atom. The number of morpholine rings is 1. The number of rotatable bonds is 11. The molecule has 0 spiro atoms. The molecule has 244 valence electrons. The Bertz CT molecular complexity index is 1860. The maximum Gasteiger partial charge on any atom is 0.304 e. The van der Waals surface area contributed by atoms with Gasteiger partial charge in [-0.05, 0) is 85.3 Å². The van der Waals surface area contributed by atoms with Crippen LogP contribution in [0.25, 0.3) is 32.9 Å². The molecule has 0 amide bonds. The van der Waals surface area contributed by atoms with Crippen LogP contribution in [0.5, 0.6) is 0 Å². The molecule has 2 aliphatic heterocycles. The second kappa shape index (κ2) is 14.2. The normalized spacial score (nSPS) is 17.8. The number of fused-ring (bicyclic) bond motifs is 2. The van der Waals surface area contributed by atoms with Gasteiger partial charge in [0.2, 0.25) is 0 Å². The molecule has 1 atom stereocenters. The summed E-state index contributed by atoms with van der Waals surface area (Å²) in [6.07, 6.45) is 10.4. The van der Waals surface area contributed by atoms with E-state index in [2.05, 4.69) is 86.3 Å². The van der Waals surface area contributed by atoms with Gasteiger partial charge in [-0.25, -0.2) is 4.98 Å². The fraction of sp³-hybridized carbons (Fsp3) is 0.395. The topological polar surface area (TPSA) is 95.8 Å². The van der Waals surface area contributed by atoms with E-state index in [1.54, 1.807) is 0 Å². The number of carboxylic acid groups (broad SMARTS) is 1. The van der Waals surface area contributed by atoms with Crippen LogP contribution in [-0.4, -0.2) is 80.8 Å². The SMILES string of the molecule is Cc1c(Nc2nccc3cc(CN4CCCCC4CC(=O)O)cnc23)cccc1-c1cccc2c1ccn2CCCN1CCOCC1. The van der Waals surface area contributed by atoms with Gasteiger partial charge in [0.25, 0.3) is 0 Å². The summed E-state index contributed by atoms with van der Waals surface area (Å²) in [4.78, 5) is 25.8. The minimum Gasteiger partial charge on any atom is -0.481 e. The van der Waals surface area contributed by atoms with E-state index < -0.39 is 5.97 Å². The third-order valence-electron chi connectivity index (χ3n) is 9.87. The van der Waals surface area contributed by atoms with E-state index >= 15 is 0 Å². The Balaban J connectivity index is 1.10. The number of nitrogens with zero attached hydrogens (tertiary/aromatic N) is 5. The molecule has 9 nitrogen and oxygen atoms in total. The zero-order chi connectivity index (χ0) is 32.2. The van der Waals surface area contributed by atoms with Gasteiger partial charge in [-0.15, -0.1) is 0 Å². The van der Waals surface area contributed by atoms with E-state index in [1.165, 1.54) is 22.0 Å². The van der Waals surface area contributed by atoms with Crippen LogP contribution in [0.3, 0.4) is 0 Å². The van der Waals surface area contributed by atoms with Gasteiger partial charge in [0.15, 0.2) is 5.82 Å². The van der Waals surface area contributed by atoms with Gasteiger partial charge in [-0.1, -0.05) is 30.7 Å². The average Bonchev–Trinajstić information content (AvgIpc) is 3.50. The molecule has 0 bridgehead atoms. The summed E-state index contributed by atoms with van der Waals surface area (Å²) in [6.45, 7) is 9.62. The molecule has 47 heavy (non-hydrogen) atoms. The first-order valence-corrected chi connectivity index (χ1v) is 17.0. The van der Waals surface area contributed by atoms with E-state index in [0.29, 0.717) is 6.54 Å². The van der Waals surface area contributed by atoms with E-state index in [1.807, 2.05) is 18.5 Å². The molecule has 2 saturated heterocycles. The molecule has 2 aliphatic rings. The summed E-state index contributed by atoms with van der Waals surface area (Å²) >= 11 is 0. The standard InChI is InChI=1S/C38H44N6O3/c1-27-31(32-9-5-11-35-33(32)13-18-43(35)17-6-15-42-19-21-47-22-20-42)8-4-10-34(27)41-38-37-29(12-14-39-38)23-28(25-40-37)26-44-16-3-2-7-30(44)24-36(45)46/h4-5,8-14,18,23,25,30H,2-3,6-7,15-17,19-22,24,26H2,1H3,(H,39,41)(H,45,46). The monoisotopic (exact) mass is 632 g/mol. The summed E-state index contributed by atoms with van der Waals surface area (Å²) in [7, 11) is 0. The molecule has 0 saturated carbocycles. The number of nitrogens with one attached hydrogen (secondary N) is 1. The van der Waals surface area contributed by atoms with Crippen LogP contribution in [-0.2, 0) is 22.6 Å². The van der Waals surface area contributed by atoms with Crippen molar-refractivity contribution in [2.45, 2.75) is 58.2 Å². The number of likely N-dealkylation sites (tertiary alicyclic amines) is 1. The van der Waals surface area contributed by atoms with Gasteiger partial charge in [-0.3, -0.25) is 19.6 Å². The molecule has 0 radical (unpaired) electrons. The zero-order valence-electron chi connectivity index (χ0n) is 27.2. The van der Waals surface area contributed by atoms with E-state index in [-0.39, 0.29) is 12.5 Å². The van der Waals surface area contributed by atoms with Crippen LogP contribution in [0.15, 0.2) is 73.2 Å². The number of piperidine rings is 1. The first-order valence-electron chi connectivity index (χ1n) is 17.0. The quantitative estimate of drug-likeness (QED) is 0.163. The highest BCUT2D eigenvalue weighted by molar-refractivity contribution is 5.98. The summed E-state index contributed by atoms with van der Waals surface area (Å²) < 4.78 is 7.88. The number of carbonyl (C=O) groups is 1. The van der Waals surface area contributed by atoms with Gasteiger partial charge >= 0.3 is 5.97 Å². The summed E-state index contributed by atoms with van der Waals surface area (Å²) in [5, 5.41) is 15.3. The highest BCUT2D eigenvalue weighted by Gasteiger charge is 2.25. The summed E-state index contributed by atoms with van der Waals surface area (Å²) in [5.41, 5.74) is 7.74. The van der Waals surface area contributed by atoms with Crippen LogP contribution in [0.2, 0.25) is 0 Å². The molecule has 1 unspecified atom stereocenters. The Hall–Kier alpha value is -4.31. The van der Waals surface area contributed by atoms with Gasteiger partial charge < -0.3 is 19.7 Å². The lowest BCUT2D eigenvalue weighted by Crippen LogP contribution is -2.40. The molecule has 9 heteroatoms. The largest absolute Gasteiger partial charge is 0.481 e. The highest BCUT2D eigenvalue weighted by atomic mass is 16.5. The fourth-order valence-electron chi connectivity index (χ4n) is 7.35. The van der Waals surface area contributed by atoms with Crippen LogP contribution in [0, 0.1) is 6.92 Å². The van der Waals surface area contributed by atoms with Crippen molar-refractivity contribution < 1.29 is 14.6 Å². The number of pyridine rings is 2. The van der Waals surface area contributed by atoms with Crippen LogP contribution >= 0.6 is 0 Å². The first kappa shape index (κ1) is 31.3. The Morgan fingerprint density at radius 3 is 2.72 bits per heavy atom. The minimum atomic E-state index is -0.732. The lowest BCUT2D eigenvalue weighted by atomic mass is 9.96. The second-order valence-corrected chi connectivity index (χ2v) is 13.0. The van der Waals surface area contributed by atoms with E-state index in [4.69, 9.17) is 9.72 Å². The third kappa shape index (κ3) is 7.02. The summed E-state index contributed by atoms with van der Waals surface area (Å²) in [5.74, 6) is -0.00876. The molecular weight excluding hydrogens is 588 g/mol. The molecule has 7 rings (SSSR count). The van der Waals surface area contributed by atoms with Crippen LogP contribution in [0.4, 0.5) is 11.5 Å². The van der Waals surface area contributed by atoms with Crippen LogP contribution in [0.1, 0.15) is 43.2 Å². The van der Waals surface area contributed by atoms with Crippen molar-refractivity contribution in [2.75, 3.05) is 44.7 Å². The molecule has 5 aromatic rings. The van der Waals surface area contributed by atoms with Crippen molar-refractivity contribution in [3.8, 4) is 11.1 Å². The number of hydrogen-bond acceptors (Lipinski definition) is 7. The molecule has 5 heterocycles. The van der Waals surface area contributed by atoms with E-state index in [9.17, 15) is 9.90 Å². The predicted octanol–water partition coefficient (Wildman–Crippen LogP) is 6.86. The third-order valence-corrected chi connectivity index (χ3v) is 9.87. The van der Waals surface area contributed by atoms with E-state index in [0.717, 1.165) is 105 Å². The Kier molecular flexibility index (Phi) is 9.46. The first-order chi connectivity index (χ1) is 23.0. The Labute approximate surface area is 276 Å². The number of ether oxygens (including phenoxy) is 1. The number of aromatic nitrogens is 3. The number of benzene rings is 2. The van der Waals surface area contributed by atoms with Gasteiger partial charge in [0.05, 0.1) is 19.6 Å². The fourth-order valence-corrected chi connectivity index (χ4v) is 7.35. The lowest BCUT2D eigenvalue weighted by molar-refractivity contribution is -0.138. The number of aliphatic carboxylic acids is 1. The lowest BCUT2D eigenvalue weighted by Gasteiger charge is -2.34. The second-order valence-electron chi connectivity index (χ2n) is 13.0. The number of hydrogen-bond donors (Lipinski definition) is 2. The van der Waals surface area contributed by atoms with Crippen molar-refractivity contribution in [3.05, 3.63) is 84.3 Å². The average molecular weight is 633 g/mol. The number of aryl methyl sites for hydroxylation is 1. The van der Waals surface area contributed by atoms with Crippen LogP contribution < -0.4 is 5.32 Å². The zero-order valence-corrected chi connectivity index (χ0v) is 27.2. The smallest absolute Gasteiger partial charge is 0.304 e. The van der Waals surface area contributed by atoms with Gasteiger partial charge in [-0.2, -0.15) is 0 Å². The molecular formula is C38H44N6O3. The molecule has 2 N–H and O–H groups in total. The van der Waals surface area contributed by atoms with Crippen molar-refractivity contribution in [1.29, 1.82) is 0 Å². The minimum absolute atomic E-state index is 0.0756. The number of carboxylic acids is 1. The van der Waals surface area contributed by atoms with Crippen molar-refractivity contribution in [1.82, 2.24) is 24.3 Å². The molecule has 3 aromatic heterocycles. The predicted molar refractivity (Wildman–Crippen MR) is 187 cm³/mol. The molecule has 0 aliphatic carbocycles. The number of anilines is 2. The maximum absolute atomic E-state index is 11.4.